The Kier molecular flexibility index (Phi) is 2.93. The molecule has 19 heavy (non-hydrogen) atoms. The van der Waals surface area contributed by atoms with Crippen LogP contribution in [-0.2, 0) is 0 Å². The third-order valence-electron chi connectivity index (χ3n) is 3.84. The predicted molar refractivity (Wildman–Crippen MR) is 69.7 cm³/mol. The van der Waals surface area contributed by atoms with E-state index in [0.717, 1.165) is 19.4 Å². The highest BCUT2D eigenvalue weighted by atomic mass is 16.2. The highest BCUT2D eigenvalue weighted by Gasteiger charge is 2.27. The second-order valence-corrected chi connectivity index (χ2v) is 5.38. The van der Waals surface area contributed by atoms with Crippen LogP contribution in [0, 0.1) is 5.92 Å². The molecule has 1 fully saturated rings. The van der Waals surface area contributed by atoms with Crippen LogP contribution in [0.25, 0.3) is 5.65 Å². The zero-order valence-corrected chi connectivity index (χ0v) is 11.2. The minimum atomic E-state index is 0.0665. The maximum atomic E-state index is 12.5. The summed E-state index contributed by atoms with van der Waals surface area (Å²) in [4.78, 5) is 14.5. The molecular formula is C13H17N5O. The van der Waals surface area contributed by atoms with Crippen molar-refractivity contribution in [2.45, 2.75) is 32.7 Å². The number of aromatic nitrogens is 4. The van der Waals surface area contributed by atoms with Crippen LogP contribution in [0.2, 0.25) is 0 Å². The van der Waals surface area contributed by atoms with Gasteiger partial charge in [-0.1, -0.05) is 6.92 Å². The number of amides is 1. The fourth-order valence-electron chi connectivity index (χ4n) is 2.74. The minimum Gasteiger partial charge on any atom is -0.336 e. The number of likely N-dealkylation sites (tertiary alicyclic amines) is 1. The molecule has 0 unspecified atom stereocenters. The Morgan fingerprint density at radius 1 is 1.37 bits per heavy atom. The van der Waals surface area contributed by atoms with Gasteiger partial charge in [0.15, 0.2) is 5.65 Å². The van der Waals surface area contributed by atoms with Crippen LogP contribution < -0.4 is 0 Å². The van der Waals surface area contributed by atoms with Crippen LogP contribution in [0.1, 0.15) is 37.0 Å². The zero-order chi connectivity index (χ0) is 13.4. The molecule has 3 heterocycles. The third-order valence-corrected chi connectivity index (χ3v) is 3.84. The molecular weight excluding hydrogens is 242 g/mol. The molecule has 0 N–H and O–H groups in total. The van der Waals surface area contributed by atoms with E-state index in [1.807, 2.05) is 4.90 Å². The van der Waals surface area contributed by atoms with E-state index in [9.17, 15) is 4.79 Å². The molecule has 2 aromatic rings. The lowest BCUT2D eigenvalue weighted by molar-refractivity contribution is 0.0588. The maximum Gasteiger partial charge on any atom is 0.255 e. The summed E-state index contributed by atoms with van der Waals surface area (Å²) in [5.74, 6) is 0.762. The highest BCUT2D eigenvalue weighted by molar-refractivity contribution is 5.94. The normalized spacial score (nSPS) is 23.8. The summed E-state index contributed by atoms with van der Waals surface area (Å²) < 4.78 is 1.53. The van der Waals surface area contributed by atoms with E-state index in [1.54, 1.807) is 18.3 Å². The summed E-state index contributed by atoms with van der Waals surface area (Å²) in [7, 11) is 0. The van der Waals surface area contributed by atoms with E-state index in [4.69, 9.17) is 0 Å². The summed E-state index contributed by atoms with van der Waals surface area (Å²) >= 11 is 0. The van der Waals surface area contributed by atoms with Crippen LogP contribution in [0.5, 0.6) is 0 Å². The number of hydrogen-bond acceptors (Lipinski definition) is 4. The molecule has 2 aromatic heterocycles. The van der Waals surface area contributed by atoms with Crippen molar-refractivity contribution in [3.63, 3.8) is 0 Å². The molecule has 1 aliphatic heterocycles. The summed E-state index contributed by atoms with van der Waals surface area (Å²) in [6, 6.07) is 3.85. The smallest absolute Gasteiger partial charge is 0.255 e. The first-order valence-electron chi connectivity index (χ1n) is 6.64. The molecule has 0 aliphatic carbocycles. The van der Waals surface area contributed by atoms with Gasteiger partial charge in [-0.3, -0.25) is 4.79 Å². The van der Waals surface area contributed by atoms with Crippen LogP contribution >= 0.6 is 0 Å². The van der Waals surface area contributed by atoms with Crippen LogP contribution in [0.15, 0.2) is 18.3 Å². The fourth-order valence-corrected chi connectivity index (χ4v) is 2.74. The molecule has 1 amide bonds. The number of hydrogen-bond donors (Lipinski definition) is 0. The lowest BCUT2D eigenvalue weighted by Gasteiger charge is -2.36. The van der Waals surface area contributed by atoms with Crippen molar-refractivity contribution in [2.75, 3.05) is 6.54 Å². The van der Waals surface area contributed by atoms with Gasteiger partial charge < -0.3 is 4.90 Å². The van der Waals surface area contributed by atoms with Gasteiger partial charge in [0.1, 0.15) is 0 Å². The van der Waals surface area contributed by atoms with E-state index in [1.165, 1.54) is 4.52 Å². The highest BCUT2D eigenvalue weighted by Crippen LogP contribution is 2.23. The molecule has 0 aromatic carbocycles. The number of nitrogens with zero attached hydrogens (tertiary/aromatic N) is 5. The molecule has 100 valence electrons. The van der Waals surface area contributed by atoms with Crippen molar-refractivity contribution in [3.8, 4) is 0 Å². The quantitative estimate of drug-likeness (QED) is 0.776. The Morgan fingerprint density at radius 3 is 3.00 bits per heavy atom. The number of fused-ring (bicyclic) bond motifs is 1. The Morgan fingerprint density at radius 2 is 2.21 bits per heavy atom. The van der Waals surface area contributed by atoms with Crippen molar-refractivity contribution in [1.29, 1.82) is 0 Å². The SMILES string of the molecule is C[C@@H]1CCN(C(=O)c2ccc3nnnn3c2)[C@H](C)C1. The van der Waals surface area contributed by atoms with E-state index >= 15 is 0 Å². The molecule has 0 radical (unpaired) electrons. The minimum absolute atomic E-state index is 0.0665. The lowest BCUT2D eigenvalue weighted by Crippen LogP contribution is -2.44. The number of tetrazole rings is 1. The van der Waals surface area contributed by atoms with Gasteiger partial charge in [0.25, 0.3) is 5.91 Å². The average molecular weight is 259 g/mol. The van der Waals surface area contributed by atoms with E-state index in [2.05, 4.69) is 29.4 Å². The first-order valence-corrected chi connectivity index (χ1v) is 6.64. The molecule has 3 rings (SSSR count). The Labute approximate surface area is 111 Å². The van der Waals surface area contributed by atoms with Crippen LogP contribution in [0.3, 0.4) is 0 Å². The Balaban J connectivity index is 1.86. The number of carbonyl (C=O) groups is 1. The molecule has 0 saturated carbocycles. The fraction of sp³-hybridized carbons (Fsp3) is 0.538. The van der Waals surface area contributed by atoms with Crippen molar-refractivity contribution in [3.05, 3.63) is 23.9 Å². The van der Waals surface area contributed by atoms with E-state index < -0.39 is 0 Å². The number of carbonyl (C=O) groups excluding carboxylic acids is 1. The standard InChI is InChI=1S/C13H17N5O/c1-9-5-6-17(10(2)7-9)13(19)11-3-4-12-14-15-16-18(12)8-11/h3-4,8-10H,5-7H2,1-2H3/t9-,10-/m1/s1. The summed E-state index contributed by atoms with van der Waals surface area (Å²) in [6.45, 7) is 5.18. The second kappa shape index (κ2) is 4.60. The molecule has 6 heteroatoms. The van der Waals surface area contributed by atoms with Gasteiger partial charge in [-0.2, -0.15) is 4.52 Å². The maximum absolute atomic E-state index is 12.5. The average Bonchev–Trinajstić information content (AvgIpc) is 2.85. The molecule has 2 atom stereocenters. The topological polar surface area (TPSA) is 63.4 Å². The van der Waals surface area contributed by atoms with Crippen LogP contribution in [-0.4, -0.2) is 43.4 Å². The largest absolute Gasteiger partial charge is 0.336 e. The lowest BCUT2D eigenvalue weighted by atomic mass is 9.93. The Bertz CT molecular complexity index is 608. The summed E-state index contributed by atoms with van der Waals surface area (Å²) in [6.07, 6.45) is 3.84. The van der Waals surface area contributed by atoms with E-state index in [0.29, 0.717) is 23.2 Å². The van der Waals surface area contributed by atoms with Gasteiger partial charge in [-0.25, -0.2) is 0 Å². The van der Waals surface area contributed by atoms with Gasteiger partial charge in [0.2, 0.25) is 0 Å². The molecule has 1 aliphatic rings. The summed E-state index contributed by atoms with van der Waals surface area (Å²) in [5, 5.41) is 11.2. The number of piperidine rings is 1. The first-order chi connectivity index (χ1) is 9.15. The monoisotopic (exact) mass is 259 g/mol. The van der Waals surface area contributed by atoms with Gasteiger partial charge in [-0.05, 0) is 48.2 Å². The van der Waals surface area contributed by atoms with Crippen molar-refractivity contribution >= 4 is 11.6 Å². The third kappa shape index (κ3) is 2.18. The van der Waals surface area contributed by atoms with Crippen LogP contribution in [0.4, 0.5) is 0 Å². The predicted octanol–water partition coefficient (Wildman–Crippen LogP) is 1.38. The first kappa shape index (κ1) is 12.1. The van der Waals surface area contributed by atoms with Crippen molar-refractivity contribution < 1.29 is 4.79 Å². The molecule has 6 nitrogen and oxygen atoms in total. The van der Waals surface area contributed by atoms with Gasteiger partial charge in [0, 0.05) is 18.8 Å². The number of rotatable bonds is 1. The summed E-state index contributed by atoms with van der Waals surface area (Å²) in [5.41, 5.74) is 1.29. The molecule has 0 bridgehead atoms. The van der Waals surface area contributed by atoms with Crippen molar-refractivity contribution in [2.24, 2.45) is 5.92 Å². The van der Waals surface area contributed by atoms with Gasteiger partial charge in [0.05, 0.1) is 5.56 Å². The van der Waals surface area contributed by atoms with Gasteiger partial charge in [-0.15, -0.1) is 5.10 Å². The number of pyridine rings is 1. The Hall–Kier alpha value is -1.98. The molecule has 0 spiro atoms. The van der Waals surface area contributed by atoms with Crippen molar-refractivity contribution in [1.82, 2.24) is 24.9 Å². The second-order valence-electron chi connectivity index (χ2n) is 5.38. The zero-order valence-electron chi connectivity index (χ0n) is 11.2. The molecule has 1 saturated heterocycles. The van der Waals surface area contributed by atoms with Gasteiger partial charge >= 0.3 is 0 Å². The van der Waals surface area contributed by atoms with E-state index in [-0.39, 0.29) is 5.91 Å².